The quantitative estimate of drug-likeness (QED) is 0.345. The molecule has 0 aromatic carbocycles. The first-order valence-electron chi connectivity index (χ1n) is 5.75. The van der Waals surface area contributed by atoms with Gasteiger partial charge in [-0.05, 0) is 26.0 Å². The fourth-order valence-corrected chi connectivity index (χ4v) is 3.60. The predicted octanol–water partition coefficient (Wildman–Crippen LogP) is 3.83. The molecule has 0 saturated carbocycles. The molecule has 0 spiro atoms. The van der Waals surface area contributed by atoms with Gasteiger partial charge in [0.2, 0.25) is 0 Å². The molecule has 0 amide bonds. The highest BCUT2D eigenvalue weighted by molar-refractivity contribution is 8.09. The van der Waals surface area contributed by atoms with Crippen molar-refractivity contribution in [1.82, 2.24) is 4.98 Å². The maximum atomic E-state index is 5.93. The fourth-order valence-electron chi connectivity index (χ4n) is 1.21. The molecule has 0 saturated heterocycles. The van der Waals surface area contributed by atoms with E-state index >= 15 is 0 Å². The highest BCUT2D eigenvalue weighted by Crippen LogP contribution is 2.51. The van der Waals surface area contributed by atoms with Crippen LogP contribution < -0.4 is 4.52 Å². The smallest absolute Gasteiger partial charge is 0.364 e. The van der Waals surface area contributed by atoms with Crippen LogP contribution in [0.5, 0.6) is 5.75 Å². The third-order valence-electron chi connectivity index (χ3n) is 1.85. The average Bonchev–Trinajstić information content (AvgIpc) is 2.32. The second-order valence-electron chi connectivity index (χ2n) is 3.32. The van der Waals surface area contributed by atoms with Gasteiger partial charge in [-0.15, -0.1) is 0 Å². The summed E-state index contributed by atoms with van der Waals surface area (Å²) in [6, 6.07) is 3.37. The van der Waals surface area contributed by atoms with Crippen molar-refractivity contribution in [2.75, 3.05) is 13.2 Å². The van der Waals surface area contributed by atoms with Gasteiger partial charge in [-0.2, -0.15) is 4.76 Å². The lowest BCUT2D eigenvalue weighted by molar-refractivity contribution is 0.315. The van der Waals surface area contributed by atoms with E-state index in [0.717, 1.165) is 0 Å². The molecule has 0 radical (unpaired) electrons. The first-order valence-corrected chi connectivity index (χ1v) is 8.72. The van der Waals surface area contributed by atoms with E-state index in [0.29, 0.717) is 24.9 Å². The number of aromatic nitrogens is 1. The highest BCUT2D eigenvalue weighted by atomic mass is 35.5. The molecular weight excluding hydrogens is 307 g/mol. The molecule has 8 heteroatoms. The molecule has 1 unspecified atom stereocenters. The SMILES string of the molecule is CCO/C(C)=N\P(=S)(OCC)Oc1cccnc1Cl. The van der Waals surface area contributed by atoms with Gasteiger partial charge < -0.3 is 13.8 Å². The molecule has 1 heterocycles. The third kappa shape index (κ3) is 5.45. The van der Waals surface area contributed by atoms with Crippen LogP contribution in [0.3, 0.4) is 0 Å². The third-order valence-corrected chi connectivity index (χ3v) is 4.45. The van der Waals surface area contributed by atoms with Crippen LogP contribution in [0.4, 0.5) is 0 Å². The van der Waals surface area contributed by atoms with Crippen molar-refractivity contribution >= 4 is 35.9 Å². The Morgan fingerprint density at radius 3 is 2.79 bits per heavy atom. The van der Waals surface area contributed by atoms with Gasteiger partial charge in [-0.3, -0.25) is 0 Å². The van der Waals surface area contributed by atoms with Crippen LogP contribution in [0.15, 0.2) is 23.1 Å². The summed E-state index contributed by atoms with van der Waals surface area (Å²) < 4.78 is 20.6. The van der Waals surface area contributed by atoms with E-state index in [-0.39, 0.29) is 5.15 Å². The van der Waals surface area contributed by atoms with E-state index in [2.05, 4.69) is 9.75 Å². The molecule has 1 aromatic heterocycles. The van der Waals surface area contributed by atoms with Crippen LogP contribution in [-0.2, 0) is 21.1 Å². The molecule has 0 fully saturated rings. The zero-order chi connectivity index (χ0) is 14.3. The Bertz CT molecular complexity index is 499. The maximum absolute atomic E-state index is 5.93. The lowest BCUT2D eigenvalue weighted by atomic mass is 10.5. The number of rotatable bonds is 6. The summed E-state index contributed by atoms with van der Waals surface area (Å²) >= 11 is 11.3. The predicted molar refractivity (Wildman–Crippen MR) is 80.5 cm³/mol. The average molecular weight is 323 g/mol. The van der Waals surface area contributed by atoms with E-state index < -0.39 is 6.64 Å². The van der Waals surface area contributed by atoms with Crippen molar-refractivity contribution in [1.29, 1.82) is 0 Å². The Labute approximate surface area is 123 Å². The fraction of sp³-hybridized carbons (Fsp3) is 0.455. The molecule has 1 atom stereocenters. The summed E-state index contributed by atoms with van der Waals surface area (Å²) in [5, 5.41) is 0.223. The van der Waals surface area contributed by atoms with Crippen LogP contribution in [0.2, 0.25) is 5.15 Å². The summed E-state index contributed by atoms with van der Waals surface area (Å²) in [5.41, 5.74) is 0. The molecule has 1 aromatic rings. The molecule has 0 bridgehead atoms. The Hall–Kier alpha value is -0.680. The standard InChI is InChI=1S/C11H16ClN2O3PS/c1-4-15-9(3)14-18(19,16-5-2)17-10-7-6-8-13-11(10)12/h6-8H,4-5H2,1-3H3/b14-9-. The van der Waals surface area contributed by atoms with E-state index in [1.165, 1.54) is 0 Å². The van der Waals surface area contributed by atoms with Crippen LogP contribution in [0.25, 0.3) is 0 Å². The minimum absolute atomic E-state index is 0.223. The van der Waals surface area contributed by atoms with Crippen LogP contribution >= 0.6 is 18.2 Å². The largest absolute Gasteiger partial charge is 0.481 e. The molecule has 106 valence electrons. The van der Waals surface area contributed by atoms with Gasteiger partial charge in [-0.1, -0.05) is 11.6 Å². The Balaban J connectivity index is 2.97. The van der Waals surface area contributed by atoms with Gasteiger partial charge >= 0.3 is 6.64 Å². The van der Waals surface area contributed by atoms with Crippen LogP contribution in [0.1, 0.15) is 20.8 Å². The first-order chi connectivity index (χ1) is 9.00. The topological polar surface area (TPSA) is 52.9 Å². The second-order valence-corrected chi connectivity index (χ2v) is 6.64. The molecule has 1 rings (SSSR count). The van der Waals surface area contributed by atoms with E-state index in [4.69, 9.17) is 37.2 Å². The Kier molecular flexibility index (Phi) is 6.72. The van der Waals surface area contributed by atoms with Gasteiger partial charge in [0.05, 0.1) is 13.2 Å². The van der Waals surface area contributed by atoms with Gasteiger partial charge in [0.1, 0.15) is 0 Å². The summed E-state index contributed by atoms with van der Waals surface area (Å²) in [7, 11) is 0. The number of pyridine rings is 1. The van der Waals surface area contributed by atoms with Gasteiger partial charge in [0.25, 0.3) is 0 Å². The monoisotopic (exact) mass is 322 g/mol. The van der Waals surface area contributed by atoms with Crippen LogP contribution in [-0.4, -0.2) is 24.1 Å². The van der Waals surface area contributed by atoms with Gasteiger partial charge in [-0.25, -0.2) is 4.98 Å². The van der Waals surface area contributed by atoms with Crippen molar-refractivity contribution in [3.63, 3.8) is 0 Å². The lowest BCUT2D eigenvalue weighted by Gasteiger charge is -2.18. The first kappa shape index (κ1) is 16.4. The molecule has 5 nitrogen and oxygen atoms in total. The van der Waals surface area contributed by atoms with Crippen molar-refractivity contribution in [2.24, 2.45) is 4.76 Å². The molecule has 0 aliphatic rings. The zero-order valence-electron chi connectivity index (χ0n) is 11.0. The molecule has 0 aliphatic heterocycles. The van der Waals surface area contributed by atoms with Crippen molar-refractivity contribution < 1.29 is 13.8 Å². The number of hydrogen-bond acceptors (Lipinski definition) is 5. The number of hydrogen-bond donors (Lipinski definition) is 0. The highest BCUT2D eigenvalue weighted by Gasteiger charge is 2.22. The molecule has 19 heavy (non-hydrogen) atoms. The number of ether oxygens (including phenoxy) is 1. The minimum atomic E-state index is -2.88. The number of halogens is 1. The Morgan fingerprint density at radius 1 is 1.47 bits per heavy atom. The van der Waals surface area contributed by atoms with Gasteiger partial charge in [0, 0.05) is 24.9 Å². The van der Waals surface area contributed by atoms with Crippen molar-refractivity contribution in [2.45, 2.75) is 20.8 Å². The lowest BCUT2D eigenvalue weighted by Crippen LogP contribution is -2.03. The normalized spacial score (nSPS) is 14.8. The second kappa shape index (κ2) is 7.80. The van der Waals surface area contributed by atoms with E-state index in [1.807, 2.05) is 13.8 Å². The Morgan fingerprint density at radius 2 is 2.21 bits per heavy atom. The molecule has 0 aliphatic carbocycles. The maximum Gasteiger partial charge on any atom is 0.364 e. The number of nitrogens with zero attached hydrogens (tertiary/aromatic N) is 2. The zero-order valence-corrected chi connectivity index (χ0v) is 13.5. The summed E-state index contributed by atoms with van der Waals surface area (Å²) in [4.78, 5) is 3.92. The summed E-state index contributed by atoms with van der Waals surface area (Å²) in [5.74, 6) is 0.785. The van der Waals surface area contributed by atoms with E-state index in [9.17, 15) is 0 Å². The van der Waals surface area contributed by atoms with E-state index in [1.54, 1.807) is 25.3 Å². The molecule has 0 N–H and O–H groups in total. The summed E-state index contributed by atoms with van der Waals surface area (Å²) in [6.07, 6.45) is 1.56. The van der Waals surface area contributed by atoms with Gasteiger partial charge in [0.15, 0.2) is 16.8 Å². The van der Waals surface area contributed by atoms with Crippen molar-refractivity contribution in [3.05, 3.63) is 23.5 Å². The minimum Gasteiger partial charge on any atom is -0.481 e. The van der Waals surface area contributed by atoms with Crippen molar-refractivity contribution in [3.8, 4) is 5.75 Å². The summed E-state index contributed by atoms with van der Waals surface area (Å²) in [6.45, 7) is 3.40. The van der Waals surface area contributed by atoms with Crippen LogP contribution in [0, 0.1) is 0 Å². The molecular formula is C11H16ClN2O3PS.